The van der Waals surface area contributed by atoms with E-state index >= 15 is 0 Å². The minimum atomic E-state index is -0.215. The second kappa shape index (κ2) is 17.5. The molecular weight excluding hydrogens is 374 g/mol. The van der Waals surface area contributed by atoms with Crippen LogP contribution in [0.5, 0.6) is 0 Å². The number of aliphatic hydroxyl groups excluding tert-OH is 1. The molecule has 2 nitrogen and oxygen atoms in total. The largest absolute Gasteiger partial charge is 1.00 e. The Balaban J connectivity index is 0. The SMILES string of the molecule is CCCCCCCCCCCCCC[N+](C)(C)CC(O)CBr.[Cl-]. The van der Waals surface area contributed by atoms with Crippen molar-refractivity contribution in [1.29, 1.82) is 0 Å². The number of likely N-dealkylation sites (N-methyl/N-ethyl adjacent to an activating group) is 1. The number of halogens is 2. The lowest BCUT2D eigenvalue weighted by atomic mass is 10.1. The summed E-state index contributed by atoms with van der Waals surface area (Å²) >= 11 is 3.35. The molecule has 0 saturated heterocycles. The predicted octanol–water partition coefficient (Wildman–Crippen LogP) is 2.52. The molecule has 0 aliphatic carbocycles. The maximum absolute atomic E-state index is 9.72. The zero-order chi connectivity index (χ0) is 16.7. The molecule has 0 fully saturated rings. The standard InChI is InChI=1S/C19H41BrNO.ClH/c1-4-5-6-7-8-9-10-11-12-13-14-15-16-21(2,3)18-19(22)17-20;/h19,22H,4-18H2,1-3H3;1H/q+1;/p-1. The molecule has 0 amide bonds. The minimum absolute atomic E-state index is 0. The van der Waals surface area contributed by atoms with Crippen LogP contribution in [0.15, 0.2) is 0 Å². The quantitative estimate of drug-likeness (QED) is 0.234. The maximum atomic E-state index is 9.72. The molecule has 0 heterocycles. The molecule has 0 aromatic rings. The first-order valence-corrected chi connectivity index (χ1v) is 10.7. The first-order chi connectivity index (χ1) is 10.5. The molecule has 1 N–H and O–H groups in total. The highest BCUT2D eigenvalue weighted by Gasteiger charge is 2.18. The first-order valence-electron chi connectivity index (χ1n) is 9.58. The van der Waals surface area contributed by atoms with Gasteiger partial charge in [0.05, 0.1) is 20.6 Å². The van der Waals surface area contributed by atoms with Gasteiger partial charge in [0.25, 0.3) is 0 Å². The van der Waals surface area contributed by atoms with Crippen molar-refractivity contribution in [2.24, 2.45) is 0 Å². The van der Waals surface area contributed by atoms with E-state index in [0.717, 1.165) is 11.0 Å². The van der Waals surface area contributed by atoms with Crippen molar-refractivity contribution in [1.82, 2.24) is 0 Å². The zero-order valence-corrected chi connectivity index (χ0v) is 18.2. The van der Waals surface area contributed by atoms with E-state index in [4.69, 9.17) is 0 Å². The molecule has 1 unspecified atom stereocenters. The Kier molecular flexibility index (Phi) is 19.7. The highest BCUT2D eigenvalue weighted by Crippen LogP contribution is 2.13. The highest BCUT2D eigenvalue weighted by atomic mass is 79.9. The van der Waals surface area contributed by atoms with E-state index in [0.29, 0.717) is 5.33 Å². The number of hydrogen-bond acceptors (Lipinski definition) is 1. The van der Waals surface area contributed by atoms with Crippen molar-refractivity contribution in [3.8, 4) is 0 Å². The summed E-state index contributed by atoms with van der Waals surface area (Å²) in [6, 6.07) is 0. The third-order valence-electron chi connectivity index (χ3n) is 4.50. The molecule has 1 atom stereocenters. The van der Waals surface area contributed by atoms with Gasteiger partial charge in [-0.25, -0.2) is 0 Å². The van der Waals surface area contributed by atoms with Crippen molar-refractivity contribution in [3.05, 3.63) is 0 Å². The van der Waals surface area contributed by atoms with Crippen LogP contribution in [-0.4, -0.2) is 48.2 Å². The lowest BCUT2D eigenvalue weighted by Gasteiger charge is -2.31. The zero-order valence-electron chi connectivity index (χ0n) is 15.8. The molecule has 0 spiro atoms. The van der Waals surface area contributed by atoms with Crippen LogP contribution >= 0.6 is 15.9 Å². The number of aliphatic hydroxyl groups is 1. The van der Waals surface area contributed by atoms with Crippen LogP contribution in [0.3, 0.4) is 0 Å². The van der Waals surface area contributed by atoms with E-state index in [1.54, 1.807) is 0 Å². The molecular formula is C19H41BrClNO. The van der Waals surface area contributed by atoms with Crippen LogP contribution < -0.4 is 12.4 Å². The Hall–Kier alpha value is 0.690. The van der Waals surface area contributed by atoms with E-state index < -0.39 is 0 Å². The second-order valence-electron chi connectivity index (χ2n) is 7.54. The Morgan fingerprint density at radius 2 is 1.17 bits per heavy atom. The number of alkyl halides is 1. The lowest BCUT2D eigenvalue weighted by molar-refractivity contribution is -0.893. The molecule has 0 aliphatic heterocycles. The average Bonchev–Trinajstić information content (AvgIpc) is 2.47. The summed E-state index contributed by atoms with van der Waals surface area (Å²) in [6.07, 6.45) is 16.6. The Morgan fingerprint density at radius 1 is 0.783 bits per heavy atom. The first kappa shape index (κ1) is 25.9. The van der Waals surface area contributed by atoms with E-state index in [2.05, 4.69) is 36.9 Å². The topological polar surface area (TPSA) is 20.2 Å². The van der Waals surface area contributed by atoms with Crippen LogP contribution in [-0.2, 0) is 0 Å². The molecule has 0 aromatic heterocycles. The van der Waals surface area contributed by atoms with Crippen molar-refractivity contribution < 1.29 is 22.0 Å². The van der Waals surface area contributed by atoms with Crippen molar-refractivity contribution >= 4 is 15.9 Å². The molecule has 0 rings (SSSR count). The fraction of sp³-hybridized carbons (Fsp3) is 1.00. The predicted molar refractivity (Wildman–Crippen MR) is 103 cm³/mol. The monoisotopic (exact) mass is 413 g/mol. The van der Waals surface area contributed by atoms with Crippen LogP contribution in [0.2, 0.25) is 0 Å². The fourth-order valence-electron chi connectivity index (χ4n) is 3.09. The van der Waals surface area contributed by atoms with Crippen molar-refractivity contribution in [3.63, 3.8) is 0 Å². The molecule has 142 valence electrons. The van der Waals surface area contributed by atoms with Gasteiger partial charge >= 0.3 is 0 Å². The van der Waals surface area contributed by atoms with E-state index in [9.17, 15) is 5.11 Å². The van der Waals surface area contributed by atoms with Gasteiger partial charge in [0.15, 0.2) is 0 Å². The molecule has 0 saturated carbocycles. The van der Waals surface area contributed by atoms with Gasteiger partial charge in [-0.15, -0.1) is 0 Å². The number of hydrogen-bond donors (Lipinski definition) is 1. The molecule has 0 aromatic carbocycles. The molecule has 0 radical (unpaired) electrons. The lowest BCUT2D eigenvalue weighted by Crippen LogP contribution is -3.00. The highest BCUT2D eigenvalue weighted by molar-refractivity contribution is 9.09. The van der Waals surface area contributed by atoms with Gasteiger partial charge in [-0.1, -0.05) is 87.1 Å². The number of quaternary nitrogens is 1. The number of unbranched alkanes of at least 4 members (excludes halogenated alkanes) is 11. The van der Waals surface area contributed by atoms with E-state index in [1.165, 1.54) is 83.6 Å². The summed E-state index contributed by atoms with van der Waals surface area (Å²) in [6.45, 7) is 4.31. The van der Waals surface area contributed by atoms with E-state index in [1.807, 2.05) is 0 Å². The summed E-state index contributed by atoms with van der Waals surface area (Å²) < 4.78 is 0.935. The van der Waals surface area contributed by atoms with Crippen LogP contribution in [0.25, 0.3) is 0 Å². The van der Waals surface area contributed by atoms with Gasteiger partial charge in [-0.3, -0.25) is 0 Å². The van der Waals surface area contributed by atoms with Crippen LogP contribution in [0.4, 0.5) is 0 Å². The Bertz CT molecular complexity index is 239. The van der Waals surface area contributed by atoms with Gasteiger partial charge in [0, 0.05) is 5.33 Å². The number of rotatable bonds is 16. The fourth-order valence-corrected chi connectivity index (χ4v) is 3.30. The van der Waals surface area contributed by atoms with Gasteiger partial charge in [-0.2, -0.15) is 0 Å². The summed E-state index contributed by atoms with van der Waals surface area (Å²) in [7, 11) is 4.45. The van der Waals surface area contributed by atoms with Crippen molar-refractivity contribution in [2.45, 2.75) is 90.1 Å². The smallest absolute Gasteiger partial charge is 0.112 e. The Labute approximate surface area is 160 Å². The second-order valence-corrected chi connectivity index (χ2v) is 8.19. The average molecular weight is 415 g/mol. The summed E-state index contributed by atoms with van der Waals surface area (Å²) in [5.74, 6) is 0. The minimum Gasteiger partial charge on any atom is -1.00 e. The van der Waals surface area contributed by atoms with E-state index in [-0.39, 0.29) is 18.5 Å². The summed E-state index contributed by atoms with van der Waals surface area (Å²) in [5.41, 5.74) is 0. The van der Waals surface area contributed by atoms with Gasteiger partial charge < -0.3 is 22.0 Å². The van der Waals surface area contributed by atoms with Crippen LogP contribution in [0.1, 0.15) is 84.0 Å². The Morgan fingerprint density at radius 3 is 1.57 bits per heavy atom. The molecule has 23 heavy (non-hydrogen) atoms. The van der Waals surface area contributed by atoms with Gasteiger partial charge in [0.2, 0.25) is 0 Å². The number of nitrogens with zero attached hydrogens (tertiary/aromatic N) is 1. The maximum Gasteiger partial charge on any atom is 0.112 e. The van der Waals surface area contributed by atoms with Gasteiger partial charge in [-0.05, 0) is 12.8 Å². The molecule has 4 heteroatoms. The van der Waals surface area contributed by atoms with Gasteiger partial charge in [0.1, 0.15) is 12.6 Å². The van der Waals surface area contributed by atoms with Crippen LogP contribution in [0, 0.1) is 0 Å². The molecule has 0 aliphatic rings. The normalized spacial score (nSPS) is 12.9. The summed E-state index contributed by atoms with van der Waals surface area (Å²) in [5, 5.41) is 10.4. The summed E-state index contributed by atoms with van der Waals surface area (Å²) in [4.78, 5) is 0. The third kappa shape index (κ3) is 18.9. The third-order valence-corrected chi connectivity index (χ3v) is 5.25. The molecule has 0 bridgehead atoms. The van der Waals surface area contributed by atoms with Crippen molar-refractivity contribution in [2.75, 3.05) is 32.5 Å².